The number of nitrogens with one attached hydrogen (secondary N) is 4. The fourth-order valence-corrected chi connectivity index (χ4v) is 2.87. The van der Waals surface area contributed by atoms with E-state index < -0.39 is 0 Å². The van der Waals surface area contributed by atoms with E-state index >= 15 is 0 Å². The number of aromatic amines is 2. The molecule has 7 nitrogen and oxygen atoms in total. The molecule has 0 fully saturated rings. The van der Waals surface area contributed by atoms with E-state index in [1.54, 1.807) is 12.1 Å². The topological polar surface area (TPSA) is 99.0 Å². The van der Waals surface area contributed by atoms with Crippen LogP contribution in [0.15, 0.2) is 60.7 Å². The minimum absolute atomic E-state index is 0.0127. The average Bonchev–Trinajstić information content (AvgIpc) is 3.31. The highest BCUT2D eigenvalue weighted by molar-refractivity contribution is 5.98. The van der Waals surface area contributed by atoms with Crippen molar-refractivity contribution >= 4 is 33.6 Å². The highest BCUT2D eigenvalue weighted by Gasteiger charge is 2.10. The van der Waals surface area contributed by atoms with Gasteiger partial charge in [0.1, 0.15) is 24.8 Å². The molecule has 2 amide bonds. The summed E-state index contributed by atoms with van der Waals surface area (Å²) >= 11 is 0. The number of carbonyl (C=O) groups excluding carboxylic acids is 2. The van der Waals surface area contributed by atoms with Crippen molar-refractivity contribution in [1.82, 2.24) is 20.6 Å². The molecule has 27 heavy (non-hydrogen) atoms. The summed E-state index contributed by atoms with van der Waals surface area (Å²) in [5.41, 5.74) is 2.71. The maximum absolute atomic E-state index is 12.1. The lowest BCUT2D eigenvalue weighted by atomic mass is 10.2. The van der Waals surface area contributed by atoms with Gasteiger partial charge in [-0.2, -0.15) is 0 Å². The van der Waals surface area contributed by atoms with E-state index in [2.05, 4.69) is 20.6 Å². The van der Waals surface area contributed by atoms with Gasteiger partial charge < -0.3 is 25.3 Å². The van der Waals surface area contributed by atoms with E-state index in [9.17, 15) is 9.59 Å². The first-order valence-electron chi connectivity index (χ1n) is 8.50. The number of carbonyl (C=O) groups is 2. The molecule has 0 saturated heterocycles. The standard InChI is InChI=1S/C20H18N4O3/c25-19(17-9-13-5-1-3-7-15(13)23-17)21-11-27-12-22-20(26)18-10-14-6-2-4-8-16(14)24-18/h1-10,23-24H,11-12H2,(H,21,25)(H,22,26). The van der Waals surface area contributed by atoms with Gasteiger partial charge in [-0.1, -0.05) is 36.4 Å². The van der Waals surface area contributed by atoms with Crippen molar-refractivity contribution in [1.29, 1.82) is 0 Å². The second kappa shape index (κ2) is 7.35. The summed E-state index contributed by atoms with van der Waals surface area (Å²) in [6, 6.07) is 18.9. The number of para-hydroxylation sites is 2. The van der Waals surface area contributed by atoms with Crippen molar-refractivity contribution in [3.05, 3.63) is 72.1 Å². The zero-order valence-corrected chi connectivity index (χ0v) is 14.4. The van der Waals surface area contributed by atoms with Crippen molar-refractivity contribution in [3.8, 4) is 0 Å². The van der Waals surface area contributed by atoms with Crippen LogP contribution < -0.4 is 10.6 Å². The molecule has 2 aromatic heterocycles. The predicted octanol–water partition coefficient (Wildman–Crippen LogP) is 2.74. The molecule has 0 unspecified atom stereocenters. The first kappa shape index (κ1) is 16.9. The maximum Gasteiger partial charge on any atom is 0.269 e. The lowest BCUT2D eigenvalue weighted by Gasteiger charge is -2.06. The molecule has 4 rings (SSSR count). The van der Waals surface area contributed by atoms with Crippen LogP contribution >= 0.6 is 0 Å². The fourth-order valence-electron chi connectivity index (χ4n) is 2.87. The number of H-pyrrole nitrogens is 2. The van der Waals surface area contributed by atoms with Crippen molar-refractivity contribution in [3.63, 3.8) is 0 Å². The van der Waals surface area contributed by atoms with Crippen LogP contribution in [0.1, 0.15) is 21.0 Å². The lowest BCUT2D eigenvalue weighted by Crippen LogP contribution is -2.31. The van der Waals surface area contributed by atoms with Crippen molar-refractivity contribution in [2.45, 2.75) is 0 Å². The number of aromatic nitrogens is 2. The Labute approximate surface area is 154 Å². The molecule has 7 heteroatoms. The molecular weight excluding hydrogens is 344 g/mol. The predicted molar refractivity (Wildman–Crippen MR) is 102 cm³/mol. The van der Waals surface area contributed by atoms with Gasteiger partial charge in [0.15, 0.2) is 0 Å². The number of ether oxygens (including phenoxy) is 1. The minimum Gasteiger partial charge on any atom is -0.351 e. The van der Waals surface area contributed by atoms with Crippen molar-refractivity contribution in [2.24, 2.45) is 0 Å². The van der Waals surface area contributed by atoms with Gasteiger partial charge in [0.2, 0.25) is 0 Å². The molecule has 4 aromatic rings. The highest BCUT2D eigenvalue weighted by Crippen LogP contribution is 2.15. The molecule has 0 aliphatic rings. The summed E-state index contributed by atoms with van der Waals surface area (Å²) < 4.78 is 5.27. The first-order chi connectivity index (χ1) is 13.2. The molecule has 0 aliphatic carbocycles. The van der Waals surface area contributed by atoms with Crippen molar-refractivity contribution < 1.29 is 14.3 Å². The molecule has 0 spiro atoms. The van der Waals surface area contributed by atoms with Crippen LogP contribution in [-0.2, 0) is 4.74 Å². The molecule has 2 heterocycles. The zero-order valence-electron chi connectivity index (χ0n) is 14.4. The van der Waals surface area contributed by atoms with Gasteiger partial charge in [-0.25, -0.2) is 0 Å². The SMILES string of the molecule is O=C(NCOCNC(=O)c1cc2ccccc2[nH]1)c1cc2ccccc2[nH]1. The van der Waals surface area contributed by atoms with Gasteiger partial charge in [0.25, 0.3) is 11.8 Å². The lowest BCUT2D eigenvalue weighted by molar-refractivity contribution is 0.0675. The monoisotopic (exact) mass is 362 g/mol. The Morgan fingerprint density at radius 1 is 0.741 bits per heavy atom. The van der Waals surface area contributed by atoms with Crippen LogP contribution in [0.4, 0.5) is 0 Å². The zero-order chi connectivity index (χ0) is 18.6. The summed E-state index contributed by atoms with van der Waals surface area (Å²) in [4.78, 5) is 30.3. The number of amides is 2. The second-order valence-electron chi connectivity index (χ2n) is 6.05. The van der Waals surface area contributed by atoms with Gasteiger partial charge in [-0.3, -0.25) is 9.59 Å². The van der Waals surface area contributed by atoms with E-state index in [0.717, 1.165) is 21.8 Å². The van der Waals surface area contributed by atoms with Gasteiger partial charge in [0.05, 0.1) is 0 Å². The smallest absolute Gasteiger partial charge is 0.269 e. The Balaban J connectivity index is 1.24. The summed E-state index contributed by atoms with van der Waals surface area (Å²) in [6.07, 6.45) is 0. The summed E-state index contributed by atoms with van der Waals surface area (Å²) in [6.45, 7) is -0.0254. The average molecular weight is 362 g/mol. The maximum atomic E-state index is 12.1. The number of rotatable bonds is 6. The molecule has 0 atom stereocenters. The van der Waals surface area contributed by atoms with E-state index in [1.807, 2.05) is 48.5 Å². The summed E-state index contributed by atoms with van der Waals surface area (Å²) in [5.74, 6) is -0.540. The molecule has 4 N–H and O–H groups in total. The Bertz CT molecular complexity index is 959. The third kappa shape index (κ3) is 3.68. The van der Waals surface area contributed by atoms with E-state index in [0.29, 0.717) is 11.4 Å². The van der Waals surface area contributed by atoms with Crippen LogP contribution in [0.2, 0.25) is 0 Å². The second-order valence-corrected chi connectivity index (χ2v) is 6.05. The van der Waals surface area contributed by atoms with Gasteiger partial charge >= 0.3 is 0 Å². The van der Waals surface area contributed by atoms with Crippen LogP contribution in [0, 0.1) is 0 Å². The molecular formula is C20H18N4O3. The Hall–Kier alpha value is -3.58. The summed E-state index contributed by atoms with van der Waals surface area (Å²) in [5, 5.41) is 7.22. The summed E-state index contributed by atoms with van der Waals surface area (Å²) in [7, 11) is 0. The number of fused-ring (bicyclic) bond motifs is 2. The first-order valence-corrected chi connectivity index (χ1v) is 8.50. The van der Waals surface area contributed by atoms with Crippen LogP contribution in [0.25, 0.3) is 21.8 Å². The molecule has 0 saturated carbocycles. The third-order valence-electron chi connectivity index (χ3n) is 4.22. The van der Waals surface area contributed by atoms with E-state index in [-0.39, 0.29) is 25.3 Å². The molecule has 2 aromatic carbocycles. The normalized spacial score (nSPS) is 11.0. The Morgan fingerprint density at radius 2 is 1.19 bits per heavy atom. The van der Waals surface area contributed by atoms with E-state index in [1.165, 1.54) is 0 Å². The highest BCUT2D eigenvalue weighted by atomic mass is 16.5. The number of hydrogen-bond donors (Lipinski definition) is 4. The quantitative estimate of drug-likeness (QED) is 0.313. The van der Waals surface area contributed by atoms with Gasteiger partial charge in [-0.15, -0.1) is 0 Å². The molecule has 0 radical (unpaired) electrons. The molecule has 0 bridgehead atoms. The van der Waals surface area contributed by atoms with Gasteiger partial charge in [0, 0.05) is 21.8 Å². The van der Waals surface area contributed by atoms with Crippen LogP contribution in [0.3, 0.4) is 0 Å². The fraction of sp³-hybridized carbons (Fsp3) is 0.100. The van der Waals surface area contributed by atoms with E-state index in [4.69, 9.17) is 4.74 Å². The molecule has 136 valence electrons. The van der Waals surface area contributed by atoms with Crippen LogP contribution in [0.5, 0.6) is 0 Å². The van der Waals surface area contributed by atoms with Crippen molar-refractivity contribution in [2.75, 3.05) is 13.5 Å². The number of hydrogen-bond acceptors (Lipinski definition) is 3. The Kier molecular flexibility index (Phi) is 4.59. The minimum atomic E-state index is -0.270. The van der Waals surface area contributed by atoms with Crippen LogP contribution in [-0.4, -0.2) is 35.2 Å². The van der Waals surface area contributed by atoms with Gasteiger partial charge in [-0.05, 0) is 24.3 Å². The third-order valence-corrected chi connectivity index (χ3v) is 4.22. The molecule has 0 aliphatic heterocycles. The largest absolute Gasteiger partial charge is 0.351 e. The Morgan fingerprint density at radius 3 is 1.63 bits per heavy atom. The number of benzene rings is 2.